The van der Waals surface area contributed by atoms with E-state index in [0.29, 0.717) is 29.9 Å². The van der Waals surface area contributed by atoms with Gasteiger partial charge in [-0.05, 0) is 12.2 Å². The number of halogens is 1. The molecule has 0 unspecified atom stereocenters. The number of hydrazine groups is 1. The topological polar surface area (TPSA) is 108 Å². The van der Waals surface area contributed by atoms with Crippen LogP contribution in [-0.4, -0.2) is 38.8 Å². The third-order valence-electron chi connectivity index (χ3n) is 4.26. The van der Waals surface area contributed by atoms with Gasteiger partial charge in [0.05, 0.1) is 24.1 Å². The molecule has 1 aromatic heterocycles. The molecule has 3 N–H and O–H groups in total. The fraction of sp³-hybridized carbons (Fsp3) is 0.200. The number of aliphatic imine (C=N–C) groups is 2. The van der Waals surface area contributed by atoms with Crippen molar-refractivity contribution in [1.82, 2.24) is 25.5 Å². The molecule has 0 fully saturated rings. The zero-order chi connectivity index (χ0) is 17.0. The highest BCUT2D eigenvalue weighted by atomic mass is 19.1. The third-order valence-corrected chi connectivity index (χ3v) is 4.26. The predicted octanol–water partition coefficient (Wildman–Crippen LogP) is 0.647. The lowest BCUT2D eigenvalue weighted by atomic mass is 10.0. The summed E-state index contributed by atoms with van der Waals surface area (Å²) in [4.78, 5) is 15.1. The van der Waals surface area contributed by atoms with Crippen molar-refractivity contribution in [1.29, 1.82) is 0 Å². The Hall–Kier alpha value is -3.27. The summed E-state index contributed by atoms with van der Waals surface area (Å²) in [5.74, 6) is 1.17. The van der Waals surface area contributed by atoms with Gasteiger partial charge in [0.1, 0.15) is 24.5 Å². The van der Waals surface area contributed by atoms with Crippen molar-refractivity contribution < 1.29 is 8.91 Å². The molecule has 4 heterocycles. The summed E-state index contributed by atoms with van der Waals surface area (Å²) in [6, 6.07) is 0. The van der Waals surface area contributed by atoms with Gasteiger partial charge in [-0.25, -0.2) is 14.4 Å². The van der Waals surface area contributed by atoms with Gasteiger partial charge < -0.3 is 15.2 Å². The number of nitrogens with zero attached hydrogens (tertiary/aromatic N) is 6. The summed E-state index contributed by atoms with van der Waals surface area (Å²) in [5, 5.41) is 5.69. The predicted molar refractivity (Wildman–Crippen MR) is 85.9 cm³/mol. The minimum atomic E-state index is -0.206. The lowest BCUT2D eigenvalue weighted by molar-refractivity contribution is 0.378. The van der Waals surface area contributed by atoms with Crippen LogP contribution in [0.4, 0.5) is 4.39 Å². The van der Waals surface area contributed by atoms with Crippen molar-refractivity contribution in [3.8, 4) is 0 Å². The zero-order valence-electron chi connectivity index (χ0n) is 13.0. The number of aromatic nitrogens is 2. The molecule has 1 aromatic rings. The second kappa shape index (κ2) is 5.11. The average Bonchev–Trinajstić information content (AvgIpc) is 3.33. The third kappa shape index (κ3) is 2.04. The molecule has 0 saturated heterocycles. The van der Waals surface area contributed by atoms with Crippen LogP contribution in [0.3, 0.4) is 0 Å². The van der Waals surface area contributed by atoms with Crippen LogP contribution in [0.15, 0.2) is 61.5 Å². The highest BCUT2D eigenvalue weighted by molar-refractivity contribution is 6.11. The summed E-state index contributed by atoms with van der Waals surface area (Å²) < 4.78 is 18.9. The summed E-state index contributed by atoms with van der Waals surface area (Å²) in [5.41, 5.74) is 11.6. The van der Waals surface area contributed by atoms with E-state index in [1.807, 2.05) is 11.1 Å². The molecule has 25 heavy (non-hydrogen) atoms. The molecule has 4 aliphatic rings. The molecule has 9 nitrogen and oxygen atoms in total. The number of nitrogens with one attached hydrogen (secondary N) is 1. The maximum absolute atomic E-state index is 13.9. The molecule has 1 aliphatic carbocycles. The van der Waals surface area contributed by atoms with E-state index in [-0.39, 0.29) is 18.8 Å². The van der Waals surface area contributed by atoms with E-state index < -0.39 is 0 Å². The van der Waals surface area contributed by atoms with E-state index in [0.717, 1.165) is 17.0 Å². The van der Waals surface area contributed by atoms with Crippen LogP contribution in [0.5, 0.6) is 0 Å². The van der Waals surface area contributed by atoms with Gasteiger partial charge in [-0.2, -0.15) is 4.98 Å². The minimum Gasteiger partial charge on any atom is -0.338 e. The number of hydrogen-bond donors (Lipinski definition) is 2. The van der Waals surface area contributed by atoms with Gasteiger partial charge in [-0.1, -0.05) is 5.16 Å². The Kier molecular flexibility index (Phi) is 2.88. The largest absolute Gasteiger partial charge is 0.338 e. The van der Waals surface area contributed by atoms with Gasteiger partial charge in [-0.15, -0.1) is 0 Å². The maximum atomic E-state index is 13.9. The molecule has 0 radical (unpaired) electrons. The van der Waals surface area contributed by atoms with Gasteiger partial charge in [0.25, 0.3) is 0 Å². The van der Waals surface area contributed by atoms with Gasteiger partial charge in [-0.3, -0.25) is 10.4 Å². The number of allylic oxidation sites excluding steroid dienone is 5. The number of hydrogen-bond acceptors (Lipinski definition) is 9. The van der Waals surface area contributed by atoms with Crippen molar-refractivity contribution >= 4 is 12.1 Å². The zero-order valence-corrected chi connectivity index (χ0v) is 13.0. The Bertz CT molecular complexity index is 950. The summed E-state index contributed by atoms with van der Waals surface area (Å²) in [7, 11) is 0. The van der Waals surface area contributed by atoms with E-state index in [9.17, 15) is 4.39 Å². The Labute approximate surface area is 141 Å². The Balaban J connectivity index is 1.62. The van der Waals surface area contributed by atoms with Crippen LogP contribution in [0.1, 0.15) is 18.1 Å². The Morgan fingerprint density at radius 3 is 3.08 bits per heavy atom. The van der Waals surface area contributed by atoms with Crippen molar-refractivity contribution in [2.75, 3.05) is 6.67 Å². The molecule has 0 atom stereocenters. The second-order valence-corrected chi connectivity index (χ2v) is 5.71. The van der Waals surface area contributed by atoms with E-state index in [1.54, 1.807) is 17.4 Å². The fourth-order valence-corrected chi connectivity index (χ4v) is 3.14. The van der Waals surface area contributed by atoms with E-state index in [2.05, 4.69) is 25.6 Å². The fourth-order valence-electron chi connectivity index (χ4n) is 3.14. The normalized spacial score (nSPS) is 21.0. The van der Waals surface area contributed by atoms with Crippen LogP contribution in [-0.2, 0) is 6.54 Å². The first-order valence-corrected chi connectivity index (χ1v) is 7.69. The SMILES string of the molecule is NCc1nc(C2=NCN3C2=CN2NC=NC2=C2CC(F)=CC=C23)no1. The minimum absolute atomic E-state index is 0.162. The molecule has 126 valence electrons. The summed E-state index contributed by atoms with van der Waals surface area (Å²) in [6.45, 7) is 0.541. The molecule has 0 bridgehead atoms. The molecule has 0 amide bonds. The molecule has 5 rings (SSSR count). The molecule has 3 aliphatic heterocycles. The van der Waals surface area contributed by atoms with Crippen LogP contribution in [0.25, 0.3) is 0 Å². The maximum Gasteiger partial charge on any atom is 0.240 e. The first kappa shape index (κ1) is 14.1. The lowest BCUT2D eigenvalue weighted by Crippen LogP contribution is -2.27. The molecule has 10 heteroatoms. The van der Waals surface area contributed by atoms with Crippen LogP contribution in [0, 0.1) is 0 Å². The van der Waals surface area contributed by atoms with Gasteiger partial charge in [0.2, 0.25) is 11.7 Å². The Morgan fingerprint density at radius 2 is 2.24 bits per heavy atom. The smallest absolute Gasteiger partial charge is 0.240 e. The van der Waals surface area contributed by atoms with Crippen molar-refractivity contribution in [3.05, 3.63) is 58.7 Å². The number of nitrogens with two attached hydrogens (primary N) is 1. The van der Waals surface area contributed by atoms with E-state index >= 15 is 0 Å². The molecule has 0 aromatic carbocycles. The summed E-state index contributed by atoms with van der Waals surface area (Å²) in [6.07, 6.45) is 6.80. The highest BCUT2D eigenvalue weighted by Gasteiger charge is 2.36. The van der Waals surface area contributed by atoms with Crippen LogP contribution >= 0.6 is 0 Å². The highest BCUT2D eigenvalue weighted by Crippen LogP contribution is 2.39. The Morgan fingerprint density at radius 1 is 1.32 bits per heavy atom. The van der Waals surface area contributed by atoms with Crippen molar-refractivity contribution in [3.63, 3.8) is 0 Å². The van der Waals surface area contributed by atoms with E-state index in [4.69, 9.17) is 10.3 Å². The molecule has 0 spiro atoms. The monoisotopic (exact) mass is 340 g/mol. The summed E-state index contributed by atoms with van der Waals surface area (Å²) >= 11 is 0. The van der Waals surface area contributed by atoms with E-state index in [1.165, 1.54) is 6.08 Å². The van der Waals surface area contributed by atoms with Crippen molar-refractivity contribution in [2.45, 2.75) is 13.0 Å². The quantitative estimate of drug-likeness (QED) is 0.813. The van der Waals surface area contributed by atoms with Crippen LogP contribution < -0.4 is 11.2 Å². The number of rotatable bonds is 2. The average molecular weight is 340 g/mol. The molecular formula is C15H13FN8O. The van der Waals surface area contributed by atoms with Gasteiger partial charge in [0.15, 0.2) is 5.82 Å². The number of fused-ring (bicyclic) bond motifs is 4. The first-order chi connectivity index (χ1) is 12.2. The molecule has 0 saturated carbocycles. The van der Waals surface area contributed by atoms with Gasteiger partial charge >= 0.3 is 0 Å². The molecular weight excluding hydrogens is 327 g/mol. The van der Waals surface area contributed by atoms with Crippen molar-refractivity contribution in [2.24, 2.45) is 15.7 Å². The first-order valence-electron chi connectivity index (χ1n) is 7.69. The lowest BCUT2D eigenvalue weighted by Gasteiger charge is -2.24. The van der Waals surface area contributed by atoms with Gasteiger partial charge in [0, 0.05) is 12.0 Å². The standard InChI is InChI=1S/C15H13FN8O/c16-8-1-2-10-9(3-8)15-18-6-20-24(15)5-11-13(19-7-23(10)11)14-21-12(4-17)25-22-14/h1-2,5-6H,3-4,7,17H2,(H,18,20). The second-order valence-electron chi connectivity index (χ2n) is 5.71. The van der Waals surface area contributed by atoms with Crippen LogP contribution in [0.2, 0.25) is 0 Å².